The first-order chi connectivity index (χ1) is 13.9. The van der Waals surface area contributed by atoms with Crippen molar-refractivity contribution in [2.45, 2.75) is 18.2 Å². The molecule has 1 aromatic heterocycles. The summed E-state index contributed by atoms with van der Waals surface area (Å²) >= 11 is 0. The van der Waals surface area contributed by atoms with Gasteiger partial charge in [0.1, 0.15) is 5.75 Å². The molecule has 1 heterocycles. The maximum Gasteiger partial charge on any atom is 0.264 e. The van der Waals surface area contributed by atoms with Crippen LogP contribution in [0.25, 0.3) is 0 Å². The molecule has 0 fully saturated rings. The van der Waals surface area contributed by atoms with E-state index in [0.717, 1.165) is 5.56 Å². The van der Waals surface area contributed by atoms with Crippen LogP contribution in [0, 0.1) is 6.92 Å². The van der Waals surface area contributed by atoms with E-state index in [2.05, 4.69) is 20.0 Å². The summed E-state index contributed by atoms with van der Waals surface area (Å²) < 4.78 is 32.5. The van der Waals surface area contributed by atoms with Crippen LogP contribution in [0.2, 0.25) is 0 Å². The zero-order valence-corrected chi connectivity index (χ0v) is 16.5. The summed E-state index contributed by atoms with van der Waals surface area (Å²) in [5.74, 6) is 0.454. The Morgan fingerprint density at radius 3 is 2.31 bits per heavy atom. The summed E-state index contributed by atoms with van der Waals surface area (Å²) in [7, 11) is -3.81. The van der Waals surface area contributed by atoms with Crippen molar-refractivity contribution >= 4 is 27.6 Å². The number of carbonyl (C=O) groups excluding carboxylic acids is 1. The third kappa shape index (κ3) is 6.01. The second-order valence-corrected chi connectivity index (χ2v) is 7.84. The molecule has 0 saturated heterocycles. The largest absolute Gasteiger partial charge is 0.493 e. The molecule has 2 aromatic carbocycles. The Balaban J connectivity index is 1.51. The highest BCUT2D eigenvalue weighted by Crippen LogP contribution is 2.17. The van der Waals surface area contributed by atoms with Gasteiger partial charge in [-0.25, -0.2) is 23.1 Å². The lowest BCUT2D eigenvalue weighted by Crippen LogP contribution is -2.16. The van der Waals surface area contributed by atoms with Gasteiger partial charge in [-0.1, -0.05) is 17.7 Å². The van der Waals surface area contributed by atoms with Crippen molar-refractivity contribution in [3.8, 4) is 5.75 Å². The van der Waals surface area contributed by atoms with E-state index >= 15 is 0 Å². The highest BCUT2D eigenvalue weighted by molar-refractivity contribution is 7.92. The Hall–Kier alpha value is -3.46. The first-order valence-electron chi connectivity index (χ1n) is 8.82. The van der Waals surface area contributed by atoms with Crippen LogP contribution in [0.3, 0.4) is 0 Å². The van der Waals surface area contributed by atoms with Gasteiger partial charge >= 0.3 is 0 Å². The summed E-state index contributed by atoms with van der Waals surface area (Å²) in [6.45, 7) is 2.22. The number of hydrogen-bond acceptors (Lipinski definition) is 6. The monoisotopic (exact) mass is 412 g/mol. The fraction of sp³-hybridized carbons (Fsp3) is 0.150. The van der Waals surface area contributed by atoms with E-state index < -0.39 is 10.0 Å². The second kappa shape index (κ2) is 9.16. The molecule has 0 saturated carbocycles. The van der Waals surface area contributed by atoms with Gasteiger partial charge in [0.05, 0.1) is 17.9 Å². The number of rotatable bonds is 8. The van der Waals surface area contributed by atoms with E-state index in [4.69, 9.17) is 4.74 Å². The van der Waals surface area contributed by atoms with E-state index in [1.807, 2.05) is 31.2 Å². The van der Waals surface area contributed by atoms with Gasteiger partial charge in [0.25, 0.3) is 10.0 Å². The van der Waals surface area contributed by atoms with Gasteiger partial charge in [-0.2, -0.15) is 0 Å². The number of ether oxygens (including phenoxy) is 1. The normalized spacial score (nSPS) is 10.9. The van der Waals surface area contributed by atoms with E-state index in [1.165, 1.54) is 36.7 Å². The zero-order valence-electron chi connectivity index (χ0n) is 15.7. The van der Waals surface area contributed by atoms with Crippen molar-refractivity contribution < 1.29 is 17.9 Å². The van der Waals surface area contributed by atoms with E-state index in [0.29, 0.717) is 11.4 Å². The lowest BCUT2D eigenvalue weighted by atomic mass is 10.2. The van der Waals surface area contributed by atoms with Gasteiger partial charge in [0.2, 0.25) is 11.9 Å². The molecule has 8 nitrogen and oxygen atoms in total. The summed E-state index contributed by atoms with van der Waals surface area (Å²) in [6, 6.07) is 15.0. The molecule has 0 aliphatic carbocycles. The van der Waals surface area contributed by atoms with Gasteiger partial charge in [-0.15, -0.1) is 0 Å². The van der Waals surface area contributed by atoms with Crippen LogP contribution in [0.4, 0.5) is 11.6 Å². The topological polar surface area (TPSA) is 110 Å². The number of anilines is 2. The van der Waals surface area contributed by atoms with E-state index in [1.54, 1.807) is 6.07 Å². The van der Waals surface area contributed by atoms with Crippen LogP contribution in [-0.4, -0.2) is 30.9 Å². The first kappa shape index (κ1) is 20.3. The van der Waals surface area contributed by atoms with Crippen molar-refractivity contribution in [1.82, 2.24) is 9.97 Å². The molecular weight excluding hydrogens is 392 g/mol. The van der Waals surface area contributed by atoms with Gasteiger partial charge in [0.15, 0.2) is 0 Å². The smallest absolute Gasteiger partial charge is 0.264 e. The average Bonchev–Trinajstić information content (AvgIpc) is 2.70. The minimum Gasteiger partial charge on any atom is -0.493 e. The van der Waals surface area contributed by atoms with E-state index in [-0.39, 0.29) is 29.8 Å². The first-order valence-corrected chi connectivity index (χ1v) is 10.3. The Bertz CT molecular complexity index is 1050. The standard InChI is InChI=1S/C20H20N4O4S/c1-15-3-7-17(8-4-15)28-14-11-19(25)23-16-5-9-18(10-6-16)29(26,27)24-20-21-12-2-13-22-20/h2-10,12-13H,11,14H2,1H3,(H,23,25)(H,21,22,24). The molecule has 29 heavy (non-hydrogen) atoms. The molecule has 3 rings (SSSR count). The van der Waals surface area contributed by atoms with Crippen LogP contribution in [-0.2, 0) is 14.8 Å². The molecule has 0 unspecified atom stereocenters. The molecule has 0 radical (unpaired) electrons. The fourth-order valence-electron chi connectivity index (χ4n) is 2.37. The summed E-state index contributed by atoms with van der Waals surface area (Å²) in [4.78, 5) is 19.7. The molecule has 0 bridgehead atoms. The zero-order chi connectivity index (χ0) is 20.7. The van der Waals surface area contributed by atoms with Crippen molar-refractivity contribution in [2.24, 2.45) is 0 Å². The minimum absolute atomic E-state index is 0.0153. The predicted octanol–water partition coefficient (Wildman–Crippen LogP) is 2.99. The van der Waals surface area contributed by atoms with Crippen LogP contribution >= 0.6 is 0 Å². The minimum atomic E-state index is -3.81. The molecule has 3 aromatic rings. The average molecular weight is 412 g/mol. The molecule has 0 aliphatic rings. The highest BCUT2D eigenvalue weighted by Gasteiger charge is 2.15. The van der Waals surface area contributed by atoms with Crippen LogP contribution in [0.5, 0.6) is 5.75 Å². The van der Waals surface area contributed by atoms with Crippen molar-refractivity contribution in [3.05, 3.63) is 72.6 Å². The number of amides is 1. The number of aryl methyl sites for hydroxylation is 1. The molecule has 2 N–H and O–H groups in total. The van der Waals surface area contributed by atoms with Crippen LogP contribution in [0.1, 0.15) is 12.0 Å². The lowest BCUT2D eigenvalue weighted by molar-refractivity contribution is -0.116. The second-order valence-electron chi connectivity index (χ2n) is 6.16. The maximum atomic E-state index is 12.3. The van der Waals surface area contributed by atoms with Crippen molar-refractivity contribution in [1.29, 1.82) is 0 Å². The number of carbonyl (C=O) groups is 1. The van der Waals surface area contributed by atoms with Gasteiger partial charge in [0, 0.05) is 18.1 Å². The SMILES string of the molecule is Cc1ccc(OCCC(=O)Nc2ccc(S(=O)(=O)Nc3ncccn3)cc2)cc1. The molecule has 9 heteroatoms. The molecule has 1 amide bonds. The Labute approximate surface area is 169 Å². The summed E-state index contributed by atoms with van der Waals surface area (Å²) in [5, 5.41) is 2.71. The number of sulfonamides is 1. The van der Waals surface area contributed by atoms with Crippen LogP contribution in [0.15, 0.2) is 71.9 Å². The molecule has 0 atom stereocenters. The third-order valence-electron chi connectivity index (χ3n) is 3.86. The number of benzene rings is 2. The predicted molar refractivity (Wildman–Crippen MR) is 109 cm³/mol. The molecule has 0 aliphatic heterocycles. The van der Waals surface area contributed by atoms with Crippen LogP contribution < -0.4 is 14.8 Å². The summed E-state index contributed by atoms with van der Waals surface area (Å²) in [6.07, 6.45) is 3.04. The maximum absolute atomic E-state index is 12.3. The van der Waals surface area contributed by atoms with E-state index in [9.17, 15) is 13.2 Å². The Morgan fingerprint density at radius 2 is 1.66 bits per heavy atom. The van der Waals surface area contributed by atoms with Crippen molar-refractivity contribution in [2.75, 3.05) is 16.6 Å². The molecular formula is C20H20N4O4S. The quantitative estimate of drug-likeness (QED) is 0.588. The molecule has 0 spiro atoms. The van der Waals surface area contributed by atoms with Gasteiger partial charge in [-0.05, 0) is 49.4 Å². The van der Waals surface area contributed by atoms with Crippen molar-refractivity contribution in [3.63, 3.8) is 0 Å². The van der Waals surface area contributed by atoms with Gasteiger partial charge in [-0.3, -0.25) is 4.79 Å². The summed E-state index contributed by atoms with van der Waals surface area (Å²) in [5.41, 5.74) is 1.62. The Kier molecular flexibility index (Phi) is 6.40. The third-order valence-corrected chi connectivity index (χ3v) is 5.20. The number of aromatic nitrogens is 2. The van der Waals surface area contributed by atoms with Gasteiger partial charge < -0.3 is 10.1 Å². The Morgan fingerprint density at radius 1 is 1.00 bits per heavy atom. The lowest BCUT2D eigenvalue weighted by Gasteiger charge is -2.09. The number of nitrogens with zero attached hydrogens (tertiary/aromatic N) is 2. The highest BCUT2D eigenvalue weighted by atomic mass is 32.2. The molecule has 150 valence electrons. The number of hydrogen-bond donors (Lipinski definition) is 2. The fourth-order valence-corrected chi connectivity index (χ4v) is 3.33. The number of nitrogens with one attached hydrogen (secondary N) is 2.